The van der Waals surface area contributed by atoms with Crippen molar-refractivity contribution in [1.82, 2.24) is 19.3 Å². The molecular weight excluding hydrogens is 580 g/mol. The Bertz CT molecular complexity index is 1610. The number of methoxy groups -OCH3 is 1. The Hall–Kier alpha value is -3.89. The van der Waals surface area contributed by atoms with Gasteiger partial charge in [-0.15, -0.1) is 0 Å². The van der Waals surface area contributed by atoms with Crippen molar-refractivity contribution < 1.29 is 19.1 Å². The molecule has 0 aliphatic carbocycles. The number of hydrogen-bond donors (Lipinski definition) is 2. The molecule has 1 aromatic heterocycles. The van der Waals surface area contributed by atoms with Crippen molar-refractivity contribution in [3.63, 3.8) is 0 Å². The van der Waals surface area contributed by atoms with Crippen molar-refractivity contribution in [2.45, 2.75) is 65.5 Å². The average molecular weight is 631 g/mol. The first-order chi connectivity index (χ1) is 21.8. The second-order valence-corrected chi connectivity index (χ2v) is 14.1. The van der Waals surface area contributed by atoms with Crippen LogP contribution in [0, 0.1) is 5.92 Å². The van der Waals surface area contributed by atoms with E-state index in [4.69, 9.17) is 4.74 Å². The van der Waals surface area contributed by atoms with Gasteiger partial charge in [0.15, 0.2) is 5.75 Å². The second kappa shape index (κ2) is 13.5. The molecule has 0 bridgehead atoms. The number of aromatic nitrogens is 1. The van der Waals surface area contributed by atoms with Gasteiger partial charge in [-0.05, 0) is 61.2 Å². The molecule has 2 saturated heterocycles. The lowest BCUT2D eigenvalue weighted by Gasteiger charge is -2.37. The molecule has 0 radical (unpaired) electrons. The first-order valence-corrected chi connectivity index (χ1v) is 16.4. The fourth-order valence-corrected chi connectivity index (χ4v) is 6.58. The number of anilines is 2. The second-order valence-electron chi connectivity index (χ2n) is 14.1. The molecule has 3 amide bonds. The lowest BCUT2D eigenvalue weighted by molar-refractivity contribution is -0.137. The molecule has 0 saturated carbocycles. The van der Waals surface area contributed by atoms with Crippen LogP contribution in [0.1, 0.15) is 69.1 Å². The molecule has 3 aromatic rings. The Kier molecular flexibility index (Phi) is 9.79. The quantitative estimate of drug-likeness (QED) is 0.361. The molecule has 2 fully saturated rings. The standard InChI is InChI=1S/C36H50N6O4/c1-23(2)33(43)37-27-20-26(36(3,4)5)21-28(32(27)46-8)38-34(44)30-19-24-11-9-12-25(31(24)40(30)7)22-41-15-17-42(18-16-41)35(45)29-13-10-14-39(29)6/h9,11-12,19-21,23,29H,10,13-18,22H2,1-8H3,(H,37,43)(H,38,44)/t29-/m0/s1. The predicted octanol–water partition coefficient (Wildman–Crippen LogP) is 5.07. The van der Waals surface area contributed by atoms with Gasteiger partial charge in [-0.3, -0.25) is 24.2 Å². The molecule has 2 aliphatic heterocycles. The Morgan fingerprint density at radius 1 is 0.957 bits per heavy atom. The van der Waals surface area contributed by atoms with E-state index in [1.54, 1.807) is 7.11 Å². The lowest BCUT2D eigenvalue weighted by Crippen LogP contribution is -2.52. The van der Waals surface area contributed by atoms with Crippen LogP contribution in [0.5, 0.6) is 5.75 Å². The molecule has 0 unspecified atom stereocenters. The molecule has 2 N–H and O–H groups in total. The predicted molar refractivity (Wildman–Crippen MR) is 184 cm³/mol. The van der Waals surface area contributed by atoms with Crippen LogP contribution in [0.2, 0.25) is 0 Å². The van der Waals surface area contributed by atoms with Gasteiger partial charge in [0.1, 0.15) is 5.69 Å². The van der Waals surface area contributed by atoms with Crippen LogP contribution in [-0.2, 0) is 28.6 Å². The minimum atomic E-state index is -0.265. The first-order valence-electron chi connectivity index (χ1n) is 16.4. The number of nitrogens with one attached hydrogen (secondary N) is 2. The molecule has 46 heavy (non-hydrogen) atoms. The van der Waals surface area contributed by atoms with Gasteiger partial charge < -0.3 is 24.8 Å². The number of likely N-dealkylation sites (tertiary alicyclic amines) is 1. The van der Waals surface area contributed by atoms with E-state index in [9.17, 15) is 14.4 Å². The zero-order chi connectivity index (χ0) is 33.3. The van der Waals surface area contributed by atoms with E-state index in [1.807, 2.05) is 67.7 Å². The Balaban J connectivity index is 1.36. The minimum absolute atomic E-state index is 0.0227. The molecule has 2 aromatic carbocycles. The van der Waals surface area contributed by atoms with Gasteiger partial charge in [0.25, 0.3) is 5.91 Å². The zero-order valence-corrected chi connectivity index (χ0v) is 28.7. The van der Waals surface area contributed by atoms with Crippen molar-refractivity contribution >= 4 is 40.0 Å². The number of nitrogens with zero attached hydrogens (tertiary/aromatic N) is 4. The normalized spacial score (nSPS) is 17.9. The highest BCUT2D eigenvalue weighted by Crippen LogP contribution is 2.39. The van der Waals surface area contributed by atoms with Gasteiger partial charge in [0, 0.05) is 51.1 Å². The highest BCUT2D eigenvalue weighted by atomic mass is 16.5. The lowest BCUT2D eigenvalue weighted by atomic mass is 9.86. The molecule has 1 atom stereocenters. The Morgan fingerprint density at radius 2 is 1.63 bits per heavy atom. The maximum atomic E-state index is 13.9. The van der Waals surface area contributed by atoms with E-state index >= 15 is 0 Å². The third-order valence-corrected chi connectivity index (χ3v) is 9.45. The van der Waals surface area contributed by atoms with E-state index < -0.39 is 0 Å². The summed E-state index contributed by atoms with van der Waals surface area (Å²) in [6.07, 6.45) is 2.04. The van der Waals surface area contributed by atoms with Crippen molar-refractivity contribution in [2.24, 2.45) is 13.0 Å². The maximum absolute atomic E-state index is 13.9. The maximum Gasteiger partial charge on any atom is 0.272 e. The smallest absolute Gasteiger partial charge is 0.272 e. The van der Waals surface area contributed by atoms with Crippen LogP contribution < -0.4 is 15.4 Å². The van der Waals surface area contributed by atoms with Crippen LogP contribution >= 0.6 is 0 Å². The monoisotopic (exact) mass is 630 g/mol. The number of rotatable bonds is 8. The number of ether oxygens (including phenoxy) is 1. The van der Waals surface area contributed by atoms with Crippen molar-refractivity contribution in [3.05, 3.63) is 53.2 Å². The average Bonchev–Trinajstić information content (AvgIpc) is 3.59. The molecule has 2 aliphatic rings. The molecule has 3 heterocycles. The number of fused-ring (bicyclic) bond motifs is 1. The summed E-state index contributed by atoms with van der Waals surface area (Å²) < 4.78 is 7.70. The highest BCUT2D eigenvalue weighted by Gasteiger charge is 2.33. The number of piperazine rings is 1. The number of aryl methyl sites for hydroxylation is 1. The van der Waals surface area contributed by atoms with Gasteiger partial charge >= 0.3 is 0 Å². The Labute approximate surface area is 273 Å². The summed E-state index contributed by atoms with van der Waals surface area (Å²) in [5, 5.41) is 7.06. The summed E-state index contributed by atoms with van der Waals surface area (Å²) in [5.74, 6) is 0.0682. The summed E-state index contributed by atoms with van der Waals surface area (Å²) in [6, 6.07) is 12.0. The topological polar surface area (TPSA) is 99.2 Å². The number of para-hydroxylation sites is 1. The van der Waals surface area contributed by atoms with E-state index in [0.29, 0.717) is 22.8 Å². The van der Waals surface area contributed by atoms with Crippen molar-refractivity contribution in [1.29, 1.82) is 0 Å². The SMILES string of the molecule is COc1c(NC(=O)c2cc3cccc(CN4CCN(C(=O)[C@@H]5CCCN5C)CC4)c3n2C)cc(C(C)(C)C)cc1NC(=O)C(C)C. The summed E-state index contributed by atoms with van der Waals surface area (Å²) in [4.78, 5) is 46.2. The summed E-state index contributed by atoms with van der Waals surface area (Å²) in [6.45, 7) is 14.8. The summed E-state index contributed by atoms with van der Waals surface area (Å²) in [5.41, 5.74) is 4.43. The number of carbonyl (C=O) groups is 3. The third kappa shape index (κ3) is 6.93. The molecule has 5 rings (SSSR count). The van der Waals surface area contributed by atoms with Crippen LogP contribution in [0.4, 0.5) is 11.4 Å². The van der Waals surface area contributed by atoms with E-state index in [1.165, 1.54) is 0 Å². The Morgan fingerprint density at radius 3 is 2.22 bits per heavy atom. The number of benzene rings is 2. The minimum Gasteiger partial charge on any atom is -0.492 e. The largest absolute Gasteiger partial charge is 0.492 e. The van der Waals surface area contributed by atoms with E-state index in [-0.39, 0.29) is 35.1 Å². The molecule has 10 heteroatoms. The number of carbonyl (C=O) groups excluding carboxylic acids is 3. The molecular formula is C36H50N6O4. The first kappa shape index (κ1) is 33.5. The van der Waals surface area contributed by atoms with Crippen LogP contribution in [0.15, 0.2) is 36.4 Å². The van der Waals surface area contributed by atoms with Crippen molar-refractivity contribution in [3.8, 4) is 5.75 Å². The van der Waals surface area contributed by atoms with Crippen LogP contribution in [0.3, 0.4) is 0 Å². The number of amides is 3. The van der Waals surface area contributed by atoms with E-state index in [2.05, 4.69) is 47.3 Å². The molecule has 0 spiro atoms. The van der Waals surface area contributed by atoms with Crippen LogP contribution in [-0.4, -0.2) is 89.9 Å². The fraction of sp³-hybridized carbons (Fsp3) is 0.528. The number of likely N-dealkylation sites (N-methyl/N-ethyl adjacent to an activating group) is 1. The van der Waals surface area contributed by atoms with Gasteiger partial charge in [0.05, 0.1) is 30.0 Å². The van der Waals surface area contributed by atoms with Gasteiger partial charge in [-0.25, -0.2) is 0 Å². The third-order valence-electron chi connectivity index (χ3n) is 9.45. The van der Waals surface area contributed by atoms with Gasteiger partial charge in [-0.2, -0.15) is 0 Å². The summed E-state index contributed by atoms with van der Waals surface area (Å²) >= 11 is 0. The fourth-order valence-electron chi connectivity index (χ4n) is 6.58. The highest BCUT2D eigenvalue weighted by molar-refractivity contribution is 6.08. The molecule has 248 valence electrons. The van der Waals surface area contributed by atoms with Crippen molar-refractivity contribution in [2.75, 3.05) is 57.5 Å². The zero-order valence-electron chi connectivity index (χ0n) is 28.7. The van der Waals surface area contributed by atoms with Crippen LogP contribution in [0.25, 0.3) is 10.9 Å². The van der Waals surface area contributed by atoms with E-state index in [0.717, 1.165) is 74.1 Å². The van der Waals surface area contributed by atoms with Gasteiger partial charge in [0.2, 0.25) is 11.8 Å². The molecule has 10 nitrogen and oxygen atoms in total. The van der Waals surface area contributed by atoms with Gasteiger partial charge in [-0.1, -0.05) is 52.8 Å². The summed E-state index contributed by atoms with van der Waals surface area (Å²) in [7, 11) is 5.51. The number of hydrogen-bond acceptors (Lipinski definition) is 6.